The molecular weight excluding hydrogens is 368 g/mol. The van der Waals surface area contributed by atoms with E-state index in [2.05, 4.69) is 26.8 Å². The Labute approximate surface area is 171 Å². The zero-order valence-corrected chi connectivity index (χ0v) is 17.3. The Balaban J connectivity index is 1.88. The van der Waals surface area contributed by atoms with Crippen LogP contribution in [-0.4, -0.2) is 28.9 Å². The lowest BCUT2D eigenvalue weighted by atomic mass is 9.91. The van der Waals surface area contributed by atoms with E-state index in [1.165, 1.54) is 6.42 Å². The molecule has 1 aliphatic heterocycles. The summed E-state index contributed by atoms with van der Waals surface area (Å²) in [6.45, 7) is 8.09. The lowest BCUT2D eigenvalue weighted by molar-refractivity contribution is 0.0625. The predicted molar refractivity (Wildman–Crippen MR) is 116 cm³/mol. The molecule has 1 amide bonds. The van der Waals surface area contributed by atoms with Crippen molar-refractivity contribution in [1.82, 2.24) is 9.88 Å². The van der Waals surface area contributed by atoms with Crippen molar-refractivity contribution in [3.63, 3.8) is 0 Å². The first-order valence-electron chi connectivity index (χ1n) is 9.88. The normalized spacial score (nSPS) is 19.8. The Morgan fingerprint density at radius 1 is 1.07 bits per heavy atom. The number of halogens is 1. The molecule has 3 aromatic rings. The van der Waals surface area contributed by atoms with Crippen molar-refractivity contribution in [3.05, 3.63) is 64.7 Å². The van der Waals surface area contributed by atoms with E-state index >= 15 is 0 Å². The third kappa shape index (κ3) is 3.51. The number of amides is 1. The van der Waals surface area contributed by atoms with Crippen molar-refractivity contribution in [2.24, 2.45) is 11.8 Å². The average Bonchev–Trinajstić information content (AvgIpc) is 2.67. The van der Waals surface area contributed by atoms with E-state index in [1.54, 1.807) is 0 Å². The molecule has 0 spiro atoms. The van der Waals surface area contributed by atoms with E-state index in [9.17, 15) is 4.79 Å². The molecule has 2 atom stereocenters. The summed E-state index contributed by atoms with van der Waals surface area (Å²) in [5.74, 6) is 1.10. The summed E-state index contributed by atoms with van der Waals surface area (Å²) in [6, 6.07) is 15.7. The molecule has 0 bridgehead atoms. The largest absolute Gasteiger partial charge is 0.338 e. The molecule has 0 unspecified atom stereocenters. The maximum absolute atomic E-state index is 13.5. The van der Waals surface area contributed by atoms with Gasteiger partial charge < -0.3 is 4.90 Å². The highest BCUT2D eigenvalue weighted by Gasteiger charge is 2.28. The molecule has 4 rings (SSSR count). The number of rotatable bonds is 2. The van der Waals surface area contributed by atoms with Crippen LogP contribution in [0.3, 0.4) is 0 Å². The number of nitrogens with zero attached hydrogens (tertiary/aromatic N) is 2. The number of pyridine rings is 1. The minimum Gasteiger partial charge on any atom is -0.338 e. The van der Waals surface area contributed by atoms with E-state index in [0.29, 0.717) is 27.9 Å². The lowest BCUT2D eigenvalue weighted by Gasteiger charge is -2.35. The summed E-state index contributed by atoms with van der Waals surface area (Å²) in [5, 5.41) is 1.39. The van der Waals surface area contributed by atoms with Crippen LogP contribution in [0, 0.1) is 18.8 Å². The summed E-state index contributed by atoms with van der Waals surface area (Å²) >= 11 is 6.48. The van der Waals surface area contributed by atoms with Gasteiger partial charge in [0, 0.05) is 24.0 Å². The molecule has 1 aliphatic rings. The van der Waals surface area contributed by atoms with Gasteiger partial charge in [-0.2, -0.15) is 0 Å². The van der Waals surface area contributed by atoms with Crippen LogP contribution in [0.4, 0.5) is 0 Å². The molecule has 2 aromatic carbocycles. The molecule has 3 nitrogen and oxygen atoms in total. The SMILES string of the molecule is Cc1ccccc1-c1cc(C(=O)N2C[C@H](C)C[C@H](C)C2)c2cccc(Cl)c2n1. The summed E-state index contributed by atoms with van der Waals surface area (Å²) in [7, 11) is 0. The van der Waals surface area contributed by atoms with Crippen LogP contribution in [0.25, 0.3) is 22.2 Å². The highest BCUT2D eigenvalue weighted by Crippen LogP contribution is 2.32. The second-order valence-electron chi connectivity index (χ2n) is 8.16. The summed E-state index contributed by atoms with van der Waals surface area (Å²) in [5.41, 5.74) is 4.32. The second kappa shape index (κ2) is 7.56. The number of hydrogen-bond donors (Lipinski definition) is 0. The van der Waals surface area contributed by atoms with Crippen molar-refractivity contribution in [2.75, 3.05) is 13.1 Å². The Bertz CT molecular complexity index is 1040. The summed E-state index contributed by atoms with van der Waals surface area (Å²) in [6.07, 6.45) is 1.17. The highest BCUT2D eigenvalue weighted by atomic mass is 35.5. The molecular formula is C24H25ClN2O. The van der Waals surface area contributed by atoms with Crippen molar-refractivity contribution < 1.29 is 4.79 Å². The third-order valence-corrected chi connectivity index (χ3v) is 5.90. The summed E-state index contributed by atoms with van der Waals surface area (Å²) < 4.78 is 0. The number of hydrogen-bond acceptors (Lipinski definition) is 2. The van der Waals surface area contributed by atoms with E-state index in [1.807, 2.05) is 47.4 Å². The van der Waals surface area contributed by atoms with Gasteiger partial charge in [-0.1, -0.05) is 61.8 Å². The zero-order chi connectivity index (χ0) is 19.8. The number of piperidine rings is 1. The topological polar surface area (TPSA) is 33.2 Å². The minimum absolute atomic E-state index is 0.0721. The number of aromatic nitrogens is 1. The molecule has 1 fully saturated rings. The molecule has 1 saturated heterocycles. The Hall–Kier alpha value is -2.39. The first-order valence-corrected chi connectivity index (χ1v) is 10.3. The van der Waals surface area contributed by atoms with Gasteiger partial charge in [0.25, 0.3) is 5.91 Å². The second-order valence-corrected chi connectivity index (χ2v) is 8.57. The number of aryl methyl sites for hydroxylation is 1. The van der Waals surface area contributed by atoms with Gasteiger partial charge >= 0.3 is 0 Å². The standard InChI is InChI=1S/C24H25ClN2O/c1-15-11-16(2)14-27(13-15)24(28)20-12-22(18-8-5-4-7-17(18)3)26-23-19(20)9-6-10-21(23)25/h4-10,12,15-16H,11,13-14H2,1-3H3/t15-,16+. The lowest BCUT2D eigenvalue weighted by Crippen LogP contribution is -2.42. The number of likely N-dealkylation sites (tertiary alicyclic amines) is 1. The van der Waals surface area contributed by atoms with Gasteiger partial charge in [-0.3, -0.25) is 4.79 Å². The fraction of sp³-hybridized carbons (Fsp3) is 0.333. The van der Waals surface area contributed by atoms with Gasteiger partial charge in [0.2, 0.25) is 0 Å². The molecule has 4 heteroatoms. The zero-order valence-electron chi connectivity index (χ0n) is 16.6. The van der Waals surface area contributed by atoms with Gasteiger partial charge in [0.15, 0.2) is 0 Å². The highest BCUT2D eigenvalue weighted by molar-refractivity contribution is 6.35. The molecule has 0 N–H and O–H groups in total. The number of para-hydroxylation sites is 1. The predicted octanol–water partition coefficient (Wildman–Crippen LogP) is 5.98. The molecule has 2 heterocycles. The minimum atomic E-state index is 0.0721. The number of carbonyl (C=O) groups excluding carboxylic acids is 1. The number of fused-ring (bicyclic) bond motifs is 1. The van der Waals surface area contributed by atoms with Crippen molar-refractivity contribution in [3.8, 4) is 11.3 Å². The first-order chi connectivity index (χ1) is 13.4. The number of benzene rings is 2. The van der Waals surface area contributed by atoms with Crippen LogP contribution < -0.4 is 0 Å². The fourth-order valence-electron chi connectivity index (χ4n) is 4.39. The van der Waals surface area contributed by atoms with Gasteiger partial charge in [0.05, 0.1) is 21.8 Å². The van der Waals surface area contributed by atoms with Crippen LogP contribution in [-0.2, 0) is 0 Å². The van der Waals surface area contributed by atoms with Crippen molar-refractivity contribution in [2.45, 2.75) is 27.2 Å². The van der Waals surface area contributed by atoms with E-state index in [4.69, 9.17) is 16.6 Å². The van der Waals surface area contributed by atoms with Crippen molar-refractivity contribution in [1.29, 1.82) is 0 Å². The van der Waals surface area contributed by atoms with Gasteiger partial charge in [0.1, 0.15) is 0 Å². The van der Waals surface area contributed by atoms with Crippen molar-refractivity contribution >= 4 is 28.4 Å². The maximum Gasteiger partial charge on any atom is 0.254 e. The molecule has 28 heavy (non-hydrogen) atoms. The van der Waals surface area contributed by atoms with Gasteiger partial charge in [-0.15, -0.1) is 0 Å². The van der Waals surface area contributed by atoms with Gasteiger partial charge in [-0.05, 0) is 42.9 Å². The smallest absolute Gasteiger partial charge is 0.254 e. The Morgan fingerprint density at radius 3 is 2.50 bits per heavy atom. The maximum atomic E-state index is 13.5. The quantitative estimate of drug-likeness (QED) is 0.537. The molecule has 144 valence electrons. The van der Waals surface area contributed by atoms with Crippen LogP contribution in [0.1, 0.15) is 36.2 Å². The Morgan fingerprint density at radius 2 is 1.79 bits per heavy atom. The third-order valence-electron chi connectivity index (χ3n) is 5.60. The number of carbonyl (C=O) groups is 1. The molecule has 0 aliphatic carbocycles. The van der Waals surface area contributed by atoms with E-state index in [-0.39, 0.29) is 5.91 Å². The molecule has 0 radical (unpaired) electrons. The van der Waals surface area contributed by atoms with Gasteiger partial charge in [-0.25, -0.2) is 4.98 Å². The van der Waals surface area contributed by atoms with E-state index < -0.39 is 0 Å². The summed E-state index contributed by atoms with van der Waals surface area (Å²) in [4.78, 5) is 20.4. The molecule has 0 saturated carbocycles. The van der Waals surface area contributed by atoms with Crippen LogP contribution in [0.2, 0.25) is 5.02 Å². The fourth-order valence-corrected chi connectivity index (χ4v) is 4.60. The van der Waals surface area contributed by atoms with Crippen LogP contribution in [0.15, 0.2) is 48.5 Å². The average molecular weight is 393 g/mol. The van der Waals surface area contributed by atoms with Crippen LogP contribution >= 0.6 is 11.6 Å². The first kappa shape index (κ1) is 18.9. The van der Waals surface area contributed by atoms with E-state index in [0.717, 1.165) is 35.3 Å². The monoisotopic (exact) mass is 392 g/mol. The van der Waals surface area contributed by atoms with Crippen LogP contribution in [0.5, 0.6) is 0 Å². The molecule has 1 aromatic heterocycles. The Kier molecular flexibility index (Phi) is 5.11.